The number of alkyl halides is 3. The molecule has 1 aromatic heterocycles. The molecule has 3 amide bonds. The summed E-state index contributed by atoms with van der Waals surface area (Å²) in [5, 5.41) is 4.30. The molecule has 1 unspecified atom stereocenters. The van der Waals surface area contributed by atoms with Crippen LogP contribution in [0.2, 0.25) is 0 Å². The lowest BCUT2D eigenvalue weighted by Gasteiger charge is -2.31. The summed E-state index contributed by atoms with van der Waals surface area (Å²) in [5.41, 5.74) is -0.375. The number of carbonyl (C=O) groups is 2. The number of para-hydroxylation sites is 1. The van der Waals surface area contributed by atoms with Crippen LogP contribution in [0.15, 0.2) is 60.0 Å². The fourth-order valence-corrected chi connectivity index (χ4v) is 4.82. The Morgan fingerprint density at radius 3 is 2.38 bits per heavy atom. The first-order valence-corrected chi connectivity index (χ1v) is 13.7. The third-order valence-corrected chi connectivity index (χ3v) is 7.42. The Bertz CT molecular complexity index is 1270. The van der Waals surface area contributed by atoms with Crippen LogP contribution in [-0.4, -0.2) is 55.1 Å². The first kappa shape index (κ1) is 30.8. The second-order valence-corrected chi connectivity index (χ2v) is 10.2. The molecule has 3 rings (SSSR count). The van der Waals surface area contributed by atoms with Crippen molar-refractivity contribution in [2.24, 2.45) is 0 Å². The van der Waals surface area contributed by atoms with Gasteiger partial charge in [-0.15, -0.1) is 11.3 Å². The zero-order valence-corrected chi connectivity index (χ0v) is 23.8. The van der Waals surface area contributed by atoms with Crippen LogP contribution in [0.1, 0.15) is 36.3 Å². The first-order chi connectivity index (χ1) is 19.1. The number of rotatable bonds is 12. The molecule has 1 atom stereocenters. The summed E-state index contributed by atoms with van der Waals surface area (Å²) in [5.74, 6) is 0.864. The molecule has 0 radical (unpaired) electrons. The van der Waals surface area contributed by atoms with Gasteiger partial charge in [-0.3, -0.25) is 4.79 Å². The smallest absolute Gasteiger partial charge is 0.418 e. The van der Waals surface area contributed by atoms with E-state index in [1.165, 1.54) is 34.4 Å². The quantitative estimate of drug-likeness (QED) is 0.261. The van der Waals surface area contributed by atoms with Crippen LogP contribution in [0.4, 0.5) is 23.7 Å². The van der Waals surface area contributed by atoms with Crippen molar-refractivity contribution in [3.05, 3.63) is 76.0 Å². The number of halogens is 3. The van der Waals surface area contributed by atoms with E-state index in [4.69, 9.17) is 9.47 Å². The minimum atomic E-state index is -4.64. The molecule has 1 heterocycles. The minimum Gasteiger partial charge on any atom is -0.493 e. The van der Waals surface area contributed by atoms with E-state index in [1.54, 1.807) is 32.1 Å². The van der Waals surface area contributed by atoms with Gasteiger partial charge in [-0.05, 0) is 61.0 Å². The van der Waals surface area contributed by atoms with Gasteiger partial charge in [0.25, 0.3) is 0 Å². The normalized spacial score (nSPS) is 12.0. The number of methoxy groups -OCH3 is 2. The van der Waals surface area contributed by atoms with Gasteiger partial charge < -0.3 is 24.6 Å². The number of thiophene rings is 1. The topological polar surface area (TPSA) is 71.1 Å². The minimum absolute atomic E-state index is 0.285. The highest BCUT2D eigenvalue weighted by Crippen LogP contribution is 2.35. The molecule has 1 N–H and O–H groups in total. The van der Waals surface area contributed by atoms with E-state index in [1.807, 2.05) is 36.6 Å². The molecule has 0 saturated heterocycles. The Morgan fingerprint density at radius 1 is 1.02 bits per heavy atom. The summed E-state index contributed by atoms with van der Waals surface area (Å²) in [6.45, 7) is 4.03. The number of nitrogens with zero attached hydrogens (tertiary/aromatic N) is 2. The SMILES string of the molecule is CCC(C)N(CC(=O)N(CCc1ccc(OC)c(OC)c1)Cc1cccs1)C(=O)Nc1ccccc1C(F)(F)F. The zero-order valence-electron chi connectivity index (χ0n) is 23.0. The molecule has 3 aromatic rings. The number of amides is 3. The van der Waals surface area contributed by atoms with Gasteiger partial charge in [-0.1, -0.05) is 31.2 Å². The van der Waals surface area contributed by atoms with E-state index in [0.717, 1.165) is 16.5 Å². The van der Waals surface area contributed by atoms with E-state index < -0.39 is 23.8 Å². The fraction of sp³-hybridized carbons (Fsp3) is 0.379. The van der Waals surface area contributed by atoms with Crippen LogP contribution in [0, 0.1) is 0 Å². The third-order valence-electron chi connectivity index (χ3n) is 6.56. The lowest BCUT2D eigenvalue weighted by atomic mass is 10.1. The van der Waals surface area contributed by atoms with Gasteiger partial charge in [0.1, 0.15) is 6.54 Å². The average Bonchev–Trinajstić information content (AvgIpc) is 3.46. The maximum atomic E-state index is 13.6. The Morgan fingerprint density at radius 2 is 1.75 bits per heavy atom. The van der Waals surface area contributed by atoms with E-state index in [2.05, 4.69) is 5.32 Å². The van der Waals surface area contributed by atoms with Crippen LogP contribution in [0.3, 0.4) is 0 Å². The Labute approximate surface area is 236 Å². The highest BCUT2D eigenvalue weighted by molar-refractivity contribution is 7.09. The van der Waals surface area contributed by atoms with Gasteiger partial charge in [0.15, 0.2) is 11.5 Å². The van der Waals surface area contributed by atoms with Crippen molar-refractivity contribution in [3.8, 4) is 11.5 Å². The van der Waals surface area contributed by atoms with Gasteiger partial charge in [-0.25, -0.2) is 4.79 Å². The molecule has 0 saturated carbocycles. The number of carbonyl (C=O) groups excluding carboxylic acids is 2. The van der Waals surface area contributed by atoms with Crippen molar-refractivity contribution in [2.45, 2.75) is 45.5 Å². The van der Waals surface area contributed by atoms with Crippen LogP contribution >= 0.6 is 11.3 Å². The Kier molecular flexibility index (Phi) is 10.8. The van der Waals surface area contributed by atoms with Crippen molar-refractivity contribution in [3.63, 3.8) is 0 Å². The molecule has 2 aromatic carbocycles. The summed E-state index contributed by atoms with van der Waals surface area (Å²) in [6, 6.07) is 13.0. The van der Waals surface area contributed by atoms with Crippen molar-refractivity contribution in [1.82, 2.24) is 9.80 Å². The predicted molar refractivity (Wildman–Crippen MR) is 150 cm³/mol. The molecular formula is C29H34F3N3O4S. The predicted octanol–water partition coefficient (Wildman–Crippen LogP) is 6.69. The molecule has 0 aliphatic rings. The standard InChI is InChI=1S/C29H34F3N3O4S/c1-5-20(2)35(28(37)33-24-11-7-6-10-23(24)29(30,31)32)19-27(36)34(18-22-9-8-16-40-22)15-14-21-12-13-25(38-3)26(17-21)39-4/h6-13,16-17,20H,5,14-15,18-19H2,1-4H3,(H,33,37). The molecule has 0 aliphatic carbocycles. The number of ether oxygens (including phenoxy) is 2. The first-order valence-electron chi connectivity index (χ1n) is 12.8. The summed E-state index contributed by atoms with van der Waals surface area (Å²) in [7, 11) is 3.11. The molecule has 216 valence electrons. The number of hydrogen-bond donors (Lipinski definition) is 1. The highest BCUT2D eigenvalue weighted by Gasteiger charge is 2.34. The number of urea groups is 1. The van der Waals surface area contributed by atoms with Gasteiger partial charge in [-0.2, -0.15) is 13.2 Å². The summed E-state index contributed by atoms with van der Waals surface area (Å²) < 4.78 is 51.2. The molecule has 11 heteroatoms. The maximum absolute atomic E-state index is 13.6. The number of anilines is 1. The van der Waals surface area contributed by atoms with Gasteiger partial charge in [0.05, 0.1) is 32.0 Å². The molecule has 0 aliphatic heterocycles. The lowest BCUT2D eigenvalue weighted by Crippen LogP contribution is -2.48. The molecule has 40 heavy (non-hydrogen) atoms. The number of nitrogens with one attached hydrogen (secondary N) is 1. The number of hydrogen-bond acceptors (Lipinski definition) is 5. The largest absolute Gasteiger partial charge is 0.493 e. The highest BCUT2D eigenvalue weighted by atomic mass is 32.1. The zero-order chi connectivity index (χ0) is 29.3. The molecule has 7 nitrogen and oxygen atoms in total. The van der Waals surface area contributed by atoms with Crippen molar-refractivity contribution in [2.75, 3.05) is 32.6 Å². The van der Waals surface area contributed by atoms with Crippen molar-refractivity contribution >= 4 is 29.0 Å². The van der Waals surface area contributed by atoms with Crippen LogP contribution in [0.25, 0.3) is 0 Å². The second-order valence-electron chi connectivity index (χ2n) is 9.19. The van der Waals surface area contributed by atoms with Gasteiger partial charge >= 0.3 is 12.2 Å². The molecular weight excluding hydrogens is 543 g/mol. The Balaban J connectivity index is 1.80. The summed E-state index contributed by atoms with van der Waals surface area (Å²) >= 11 is 1.51. The van der Waals surface area contributed by atoms with E-state index in [0.29, 0.717) is 37.4 Å². The molecule has 0 fully saturated rings. The summed E-state index contributed by atoms with van der Waals surface area (Å²) in [6.07, 6.45) is -3.60. The van der Waals surface area contributed by atoms with Gasteiger partial charge in [0.2, 0.25) is 5.91 Å². The van der Waals surface area contributed by atoms with Gasteiger partial charge in [0, 0.05) is 17.5 Å². The van der Waals surface area contributed by atoms with Crippen LogP contribution in [0.5, 0.6) is 11.5 Å². The fourth-order valence-electron chi connectivity index (χ4n) is 4.10. The van der Waals surface area contributed by atoms with Crippen LogP contribution < -0.4 is 14.8 Å². The van der Waals surface area contributed by atoms with Crippen molar-refractivity contribution < 1.29 is 32.2 Å². The van der Waals surface area contributed by atoms with E-state index >= 15 is 0 Å². The lowest BCUT2D eigenvalue weighted by molar-refractivity contribution is -0.137. The number of benzene rings is 2. The monoisotopic (exact) mass is 577 g/mol. The van der Waals surface area contributed by atoms with E-state index in [-0.39, 0.29) is 18.1 Å². The van der Waals surface area contributed by atoms with Crippen molar-refractivity contribution in [1.29, 1.82) is 0 Å². The maximum Gasteiger partial charge on any atom is 0.418 e. The second kappa shape index (κ2) is 14.1. The Hall–Kier alpha value is -3.73. The summed E-state index contributed by atoms with van der Waals surface area (Å²) in [4.78, 5) is 30.8. The molecule has 0 bridgehead atoms. The van der Waals surface area contributed by atoms with E-state index in [9.17, 15) is 22.8 Å². The third kappa shape index (κ3) is 8.14. The van der Waals surface area contributed by atoms with Crippen LogP contribution in [-0.2, 0) is 23.9 Å². The molecule has 0 spiro atoms. The average molecular weight is 578 g/mol.